The molecule has 1 aromatic rings. The number of aromatic carboxylic acids is 1. The zero-order valence-electron chi connectivity index (χ0n) is 12.1. The smallest absolute Gasteiger partial charge is 0.335 e. The van der Waals surface area contributed by atoms with E-state index in [-0.39, 0.29) is 16.2 Å². The van der Waals surface area contributed by atoms with Gasteiger partial charge < -0.3 is 10.4 Å². The maximum absolute atomic E-state index is 12.1. The number of thioether (sulfide) groups is 1. The SMILES string of the molecule is CCC(CC)(CNC(=O)c1cccc(C(=O)O)c1)SC. The van der Waals surface area contributed by atoms with Gasteiger partial charge in [0, 0.05) is 16.9 Å². The van der Waals surface area contributed by atoms with Crippen molar-refractivity contribution in [1.29, 1.82) is 0 Å². The highest BCUT2D eigenvalue weighted by atomic mass is 32.2. The van der Waals surface area contributed by atoms with E-state index in [0.29, 0.717) is 12.1 Å². The molecular weight excluding hydrogens is 274 g/mol. The molecule has 0 spiro atoms. The van der Waals surface area contributed by atoms with Crippen LogP contribution in [0.4, 0.5) is 0 Å². The van der Waals surface area contributed by atoms with Crippen molar-refractivity contribution >= 4 is 23.6 Å². The summed E-state index contributed by atoms with van der Waals surface area (Å²) in [6.07, 6.45) is 3.99. The third-order valence-corrected chi connectivity index (χ3v) is 5.25. The van der Waals surface area contributed by atoms with Gasteiger partial charge in [0.25, 0.3) is 5.91 Å². The molecule has 20 heavy (non-hydrogen) atoms. The van der Waals surface area contributed by atoms with E-state index >= 15 is 0 Å². The van der Waals surface area contributed by atoms with Gasteiger partial charge in [0.2, 0.25) is 0 Å². The van der Waals surface area contributed by atoms with E-state index in [1.807, 2.05) is 6.26 Å². The van der Waals surface area contributed by atoms with E-state index < -0.39 is 5.97 Å². The summed E-state index contributed by atoms with van der Waals surface area (Å²) in [7, 11) is 0. The second kappa shape index (κ2) is 7.33. The van der Waals surface area contributed by atoms with Crippen LogP contribution in [0.3, 0.4) is 0 Å². The molecule has 5 heteroatoms. The van der Waals surface area contributed by atoms with Gasteiger partial charge in [-0.1, -0.05) is 19.9 Å². The molecule has 1 amide bonds. The van der Waals surface area contributed by atoms with Crippen LogP contribution in [-0.4, -0.2) is 34.5 Å². The minimum Gasteiger partial charge on any atom is -0.478 e. The standard InChI is InChI=1S/C15H21NO3S/c1-4-15(5-2,20-3)10-16-13(17)11-7-6-8-12(9-11)14(18)19/h6-9H,4-5,10H2,1-3H3,(H,16,17)(H,18,19). The quantitative estimate of drug-likeness (QED) is 0.811. The Morgan fingerprint density at radius 1 is 1.25 bits per heavy atom. The van der Waals surface area contributed by atoms with Gasteiger partial charge in [-0.15, -0.1) is 0 Å². The lowest BCUT2D eigenvalue weighted by molar-refractivity contribution is 0.0697. The van der Waals surface area contributed by atoms with Crippen molar-refractivity contribution in [3.8, 4) is 0 Å². The molecule has 0 heterocycles. The van der Waals surface area contributed by atoms with Crippen LogP contribution in [-0.2, 0) is 0 Å². The van der Waals surface area contributed by atoms with Crippen molar-refractivity contribution in [2.75, 3.05) is 12.8 Å². The molecule has 0 aliphatic carbocycles. The molecule has 0 atom stereocenters. The fraction of sp³-hybridized carbons (Fsp3) is 0.467. The van der Waals surface area contributed by atoms with Crippen molar-refractivity contribution in [2.24, 2.45) is 0 Å². The van der Waals surface area contributed by atoms with Crippen molar-refractivity contribution in [3.05, 3.63) is 35.4 Å². The zero-order chi connectivity index (χ0) is 15.2. The molecule has 2 N–H and O–H groups in total. The van der Waals surface area contributed by atoms with Crippen molar-refractivity contribution in [2.45, 2.75) is 31.4 Å². The Bertz CT molecular complexity index is 475. The highest BCUT2D eigenvalue weighted by molar-refractivity contribution is 8.00. The highest BCUT2D eigenvalue weighted by Crippen LogP contribution is 2.29. The third kappa shape index (κ3) is 4.00. The van der Waals surface area contributed by atoms with Crippen LogP contribution < -0.4 is 5.32 Å². The van der Waals surface area contributed by atoms with Gasteiger partial charge in [-0.25, -0.2) is 4.79 Å². The zero-order valence-corrected chi connectivity index (χ0v) is 12.9. The van der Waals surface area contributed by atoms with Crippen molar-refractivity contribution in [3.63, 3.8) is 0 Å². The number of nitrogens with one attached hydrogen (secondary N) is 1. The molecule has 110 valence electrons. The summed E-state index contributed by atoms with van der Waals surface area (Å²) in [4.78, 5) is 23.0. The van der Waals surface area contributed by atoms with Crippen LogP contribution in [0.25, 0.3) is 0 Å². The number of hydrogen-bond donors (Lipinski definition) is 2. The van der Waals surface area contributed by atoms with Gasteiger partial charge in [0.1, 0.15) is 0 Å². The van der Waals surface area contributed by atoms with E-state index in [4.69, 9.17) is 5.11 Å². The Labute approximate surface area is 124 Å². The summed E-state index contributed by atoms with van der Waals surface area (Å²) in [6.45, 7) is 4.80. The van der Waals surface area contributed by atoms with Crippen molar-refractivity contribution < 1.29 is 14.7 Å². The predicted octanol–water partition coefficient (Wildman–Crippen LogP) is 3.04. The first-order valence-corrected chi connectivity index (χ1v) is 7.87. The lowest BCUT2D eigenvalue weighted by Crippen LogP contribution is -2.39. The van der Waals surface area contributed by atoms with E-state index in [9.17, 15) is 9.59 Å². The van der Waals surface area contributed by atoms with Gasteiger partial charge in [-0.3, -0.25) is 4.79 Å². The number of benzene rings is 1. The monoisotopic (exact) mass is 295 g/mol. The molecule has 0 saturated carbocycles. The van der Waals surface area contributed by atoms with E-state index in [1.165, 1.54) is 12.1 Å². The second-order valence-electron chi connectivity index (χ2n) is 4.66. The largest absolute Gasteiger partial charge is 0.478 e. The van der Waals surface area contributed by atoms with Gasteiger partial charge in [0.15, 0.2) is 0 Å². The van der Waals surface area contributed by atoms with E-state index in [1.54, 1.807) is 23.9 Å². The molecular formula is C15H21NO3S. The number of amides is 1. The predicted molar refractivity (Wildman–Crippen MR) is 82.6 cm³/mol. The maximum atomic E-state index is 12.1. The Morgan fingerprint density at radius 3 is 2.35 bits per heavy atom. The summed E-state index contributed by atoms with van der Waals surface area (Å²) >= 11 is 1.75. The molecule has 4 nitrogen and oxygen atoms in total. The molecule has 0 fully saturated rings. The third-order valence-electron chi connectivity index (χ3n) is 3.66. The van der Waals surface area contributed by atoms with Crippen LogP contribution in [0.15, 0.2) is 24.3 Å². The fourth-order valence-electron chi connectivity index (χ4n) is 2.00. The second-order valence-corrected chi connectivity index (χ2v) is 5.94. The van der Waals surface area contributed by atoms with Gasteiger partial charge >= 0.3 is 5.97 Å². The molecule has 0 saturated heterocycles. The Hall–Kier alpha value is -1.49. The Kier molecular flexibility index (Phi) is 6.07. The van der Waals surface area contributed by atoms with Gasteiger partial charge in [-0.05, 0) is 37.3 Å². The molecule has 0 aliphatic heterocycles. The fourth-order valence-corrected chi connectivity index (χ4v) is 2.79. The Morgan fingerprint density at radius 2 is 1.85 bits per heavy atom. The number of hydrogen-bond acceptors (Lipinski definition) is 3. The molecule has 0 radical (unpaired) electrons. The summed E-state index contributed by atoms with van der Waals surface area (Å²) in [5, 5.41) is 11.8. The van der Waals surface area contributed by atoms with Crippen LogP contribution in [0.5, 0.6) is 0 Å². The number of rotatable bonds is 7. The van der Waals surface area contributed by atoms with Crippen LogP contribution in [0, 0.1) is 0 Å². The van der Waals surface area contributed by atoms with Crippen LogP contribution in [0.2, 0.25) is 0 Å². The number of carbonyl (C=O) groups excluding carboxylic acids is 1. The number of carbonyl (C=O) groups is 2. The lowest BCUT2D eigenvalue weighted by Gasteiger charge is -2.29. The number of carboxylic acids is 1. The average molecular weight is 295 g/mol. The molecule has 0 unspecified atom stereocenters. The summed E-state index contributed by atoms with van der Waals surface area (Å²) < 4.78 is 0.0417. The molecule has 1 aromatic carbocycles. The lowest BCUT2D eigenvalue weighted by atomic mass is 10.0. The summed E-state index contributed by atoms with van der Waals surface area (Å²) in [5.41, 5.74) is 0.506. The minimum atomic E-state index is -1.03. The van der Waals surface area contributed by atoms with E-state index in [0.717, 1.165) is 12.8 Å². The molecule has 1 rings (SSSR count). The van der Waals surface area contributed by atoms with Crippen molar-refractivity contribution in [1.82, 2.24) is 5.32 Å². The summed E-state index contributed by atoms with van der Waals surface area (Å²) in [6, 6.07) is 6.08. The normalized spacial score (nSPS) is 11.2. The Balaban J connectivity index is 2.76. The highest BCUT2D eigenvalue weighted by Gasteiger charge is 2.25. The first kappa shape index (κ1) is 16.6. The van der Waals surface area contributed by atoms with E-state index in [2.05, 4.69) is 19.2 Å². The minimum absolute atomic E-state index is 0.0417. The first-order chi connectivity index (χ1) is 9.48. The van der Waals surface area contributed by atoms with Gasteiger partial charge in [0.05, 0.1) is 5.56 Å². The maximum Gasteiger partial charge on any atom is 0.335 e. The molecule has 0 aliphatic rings. The molecule has 0 aromatic heterocycles. The number of carboxylic acid groups (broad SMARTS) is 1. The average Bonchev–Trinajstić information content (AvgIpc) is 2.49. The summed E-state index contributed by atoms with van der Waals surface area (Å²) in [5.74, 6) is -1.26. The molecule has 0 bridgehead atoms. The van der Waals surface area contributed by atoms with Gasteiger partial charge in [-0.2, -0.15) is 11.8 Å². The van der Waals surface area contributed by atoms with Crippen LogP contribution in [0.1, 0.15) is 47.4 Å². The first-order valence-electron chi connectivity index (χ1n) is 6.64. The van der Waals surface area contributed by atoms with Crippen LogP contribution >= 0.6 is 11.8 Å². The topological polar surface area (TPSA) is 66.4 Å².